The number of ether oxygens (including phenoxy) is 1. The maximum atomic E-state index is 12.7. The summed E-state index contributed by atoms with van der Waals surface area (Å²) >= 11 is 0. The summed E-state index contributed by atoms with van der Waals surface area (Å²) in [7, 11) is 0. The Bertz CT molecular complexity index is 989. The largest absolute Gasteiger partial charge is 0.508 e. The van der Waals surface area contributed by atoms with Crippen molar-refractivity contribution >= 4 is 17.6 Å². The molecule has 3 rings (SSSR count). The van der Waals surface area contributed by atoms with Crippen LogP contribution in [0, 0.1) is 0 Å². The van der Waals surface area contributed by atoms with E-state index in [1.54, 1.807) is 17.1 Å². The number of carbonyl (C=O) groups excluding carboxylic acids is 2. The predicted octanol–water partition coefficient (Wildman–Crippen LogP) is 4.03. The van der Waals surface area contributed by atoms with Crippen molar-refractivity contribution in [3.05, 3.63) is 59.7 Å². The summed E-state index contributed by atoms with van der Waals surface area (Å²) in [6, 6.07) is 2.48. The highest BCUT2D eigenvalue weighted by atomic mass is 16.6. The lowest BCUT2D eigenvalue weighted by atomic mass is 9.99. The number of carbonyl (C=O) groups is 2. The van der Waals surface area contributed by atoms with Crippen molar-refractivity contribution in [2.24, 2.45) is 5.16 Å². The summed E-state index contributed by atoms with van der Waals surface area (Å²) in [6.07, 6.45) is 12.7. The van der Waals surface area contributed by atoms with Crippen LogP contribution in [0.25, 0.3) is 0 Å². The minimum absolute atomic E-state index is 0.0375. The number of fused-ring (bicyclic) bond motifs is 1. The van der Waals surface area contributed by atoms with Crippen LogP contribution in [-0.2, 0) is 20.8 Å². The van der Waals surface area contributed by atoms with Gasteiger partial charge in [-0.1, -0.05) is 30.0 Å². The minimum Gasteiger partial charge on any atom is -0.508 e. The molecule has 2 heterocycles. The third-order valence-corrected chi connectivity index (χ3v) is 5.77. The maximum absolute atomic E-state index is 12.7. The summed E-state index contributed by atoms with van der Waals surface area (Å²) < 4.78 is 5.37. The molecule has 2 aliphatic heterocycles. The quantitative estimate of drug-likeness (QED) is 0.510. The van der Waals surface area contributed by atoms with Crippen molar-refractivity contribution in [2.45, 2.75) is 44.9 Å². The van der Waals surface area contributed by atoms with E-state index in [1.165, 1.54) is 6.07 Å². The number of oxime groups is 1. The molecule has 0 atom stereocenters. The molecule has 2 N–H and O–H groups in total. The Morgan fingerprint density at radius 1 is 1.21 bits per heavy atom. The van der Waals surface area contributed by atoms with Crippen LogP contribution >= 0.6 is 0 Å². The van der Waals surface area contributed by atoms with Gasteiger partial charge in [0.05, 0.1) is 12.3 Å². The highest BCUT2D eigenvalue weighted by Gasteiger charge is 2.21. The van der Waals surface area contributed by atoms with Gasteiger partial charge in [-0.05, 0) is 55.4 Å². The molecule has 0 saturated carbocycles. The van der Waals surface area contributed by atoms with E-state index in [9.17, 15) is 19.8 Å². The van der Waals surface area contributed by atoms with Crippen LogP contribution < -0.4 is 0 Å². The Kier molecular flexibility index (Phi) is 9.31. The van der Waals surface area contributed by atoms with E-state index in [2.05, 4.69) is 11.7 Å². The average molecular weight is 469 g/mol. The number of hydrogen-bond acceptors (Lipinski definition) is 7. The highest BCUT2D eigenvalue weighted by Crippen LogP contribution is 2.29. The average Bonchev–Trinajstić information content (AvgIpc) is 2.82. The van der Waals surface area contributed by atoms with E-state index in [0.717, 1.165) is 56.8 Å². The number of rotatable bonds is 4. The van der Waals surface area contributed by atoms with Crippen LogP contribution in [0.3, 0.4) is 0 Å². The Morgan fingerprint density at radius 3 is 2.76 bits per heavy atom. The fourth-order valence-corrected chi connectivity index (χ4v) is 3.97. The van der Waals surface area contributed by atoms with Gasteiger partial charge in [0.15, 0.2) is 6.61 Å². The van der Waals surface area contributed by atoms with Crippen LogP contribution in [0.15, 0.2) is 53.7 Å². The smallest absolute Gasteiger partial charge is 0.342 e. The third kappa shape index (κ3) is 7.23. The SMILES string of the molecule is C=C/C1=C\CC/C=C/C(=N/OCC(=O)N2CCCCC2)Cc2cc(O)cc(O)c2C(=O)OCC1. The lowest BCUT2D eigenvalue weighted by molar-refractivity contribution is -0.137. The zero-order valence-electron chi connectivity index (χ0n) is 19.4. The Balaban J connectivity index is 1.84. The van der Waals surface area contributed by atoms with E-state index < -0.39 is 5.97 Å². The number of amides is 1. The van der Waals surface area contributed by atoms with Crippen LogP contribution in [0.4, 0.5) is 0 Å². The number of nitrogens with zero attached hydrogens (tertiary/aromatic N) is 2. The summed E-state index contributed by atoms with van der Waals surface area (Å²) in [5.41, 5.74) is 1.70. The predicted molar refractivity (Wildman–Crippen MR) is 129 cm³/mol. The van der Waals surface area contributed by atoms with E-state index in [0.29, 0.717) is 17.7 Å². The molecule has 1 amide bonds. The molecule has 8 heteroatoms. The Labute approximate surface area is 199 Å². The summed E-state index contributed by atoms with van der Waals surface area (Å²) in [5.74, 6) is -1.38. The second-order valence-electron chi connectivity index (χ2n) is 8.32. The minimum atomic E-state index is -0.697. The molecule has 0 bridgehead atoms. The zero-order valence-corrected chi connectivity index (χ0v) is 19.4. The van der Waals surface area contributed by atoms with Gasteiger partial charge < -0.3 is 24.7 Å². The third-order valence-electron chi connectivity index (χ3n) is 5.77. The molecule has 0 aromatic heterocycles. The number of hydrogen-bond donors (Lipinski definition) is 2. The van der Waals surface area contributed by atoms with Crippen molar-refractivity contribution in [3.63, 3.8) is 0 Å². The van der Waals surface area contributed by atoms with E-state index in [4.69, 9.17) is 9.57 Å². The van der Waals surface area contributed by atoms with Gasteiger partial charge in [0, 0.05) is 32.0 Å². The number of phenolic OH excluding ortho intramolecular Hbond substituents is 2. The van der Waals surface area contributed by atoms with Gasteiger partial charge in [0.2, 0.25) is 0 Å². The van der Waals surface area contributed by atoms with Crippen LogP contribution in [0.1, 0.15) is 54.4 Å². The van der Waals surface area contributed by atoms with Crippen LogP contribution in [0.5, 0.6) is 11.5 Å². The zero-order chi connectivity index (χ0) is 24.3. The molecule has 0 radical (unpaired) electrons. The molecule has 0 unspecified atom stereocenters. The molecule has 1 fully saturated rings. The molecule has 8 nitrogen and oxygen atoms in total. The van der Waals surface area contributed by atoms with Gasteiger partial charge >= 0.3 is 5.97 Å². The van der Waals surface area contributed by atoms with Crippen molar-refractivity contribution in [1.29, 1.82) is 0 Å². The topological polar surface area (TPSA) is 109 Å². The number of likely N-dealkylation sites (tertiary alicyclic amines) is 1. The van der Waals surface area contributed by atoms with Gasteiger partial charge in [-0.25, -0.2) is 4.79 Å². The van der Waals surface area contributed by atoms with Crippen molar-refractivity contribution in [3.8, 4) is 11.5 Å². The van der Waals surface area contributed by atoms with Gasteiger partial charge in [-0.15, -0.1) is 0 Å². The second-order valence-corrected chi connectivity index (χ2v) is 8.32. The molecular weight excluding hydrogens is 436 g/mol. The monoisotopic (exact) mass is 468 g/mol. The van der Waals surface area contributed by atoms with Crippen LogP contribution in [0.2, 0.25) is 0 Å². The number of benzene rings is 1. The van der Waals surface area contributed by atoms with E-state index in [1.807, 2.05) is 12.2 Å². The lowest BCUT2D eigenvalue weighted by Gasteiger charge is -2.26. The van der Waals surface area contributed by atoms with E-state index >= 15 is 0 Å². The van der Waals surface area contributed by atoms with Crippen molar-refractivity contribution in [2.75, 3.05) is 26.3 Å². The summed E-state index contributed by atoms with van der Waals surface area (Å²) in [5, 5.41) is 24.5. The molecule has 0 aliphatic carbocycles. The first-order valence-electron chi connectivity index (χ1n) is 11.6. The Morgan fingerprint density at radius 2 is 2.00 bits per heavy atom. The molecule has 1 aromatic carbocycles. The number of aromatic hydroxyl groups is 2. The van der Waals surface area contributed by atoms with Gasteiger partial charge in [0.25, 0.3) is 5.91 Å². The molecule has 2 aliphatic rings. The number of allylic oxidation sites excluding steroid dienone is 4. The fraction of sp³-hybridized carbons (Fsp3) is 0.423. The number of phenols is 2. The lowest BCUT2D eigenvalue weighted by Crippen LogP contribution is -2.37. The first kappa shape index (κ1) is 25.1. The number of cyclic esters (lactones) is 1. The van der Waals surface area contributed by atoms with E-state index in [-0.39, 0.29) is 42.6 Å². The first-order chi connectivity index (χ1) is 16.5. The molecule has 1 aromatic rings. The fourth-order valence-electron chi connectivity index (χ4n) is 3.97. The van der Waals surface area contributed by atoms with Crippen LogP contribution in [-0.4, -0.2) is 59.0 Å². The van der Waals surface area contributed by atoms with Crippen molar-refractivity contribution in [1.82, 2.24) is 4.90 Å². The normalized spacial score (nSPS) is 21.4. The molecule has 0 spiro atoms. The van der Waals surface area contributed by atoms with Gasteiger partial charge in [0.1, 0.15) is 17.1 Å². The highest BCUT2D eigenvalue weighted by molar-refractivity contribution is 6.00. The molecule has 1 saturated heterocycles. The maximum Gasteiger partial charge on any atom is 0.342 e. The van der Waals surface area contributed by atoms with Gasteiger partial charge in [-0.2, -0.15) is 0 Å². The Hall–Kier alpha value is -3.55. The second kappa shape index (κ2) is 12.6. The van der Waals surface area contributed by atoms with Crippen molar-refractivity contribution < 1.29 is 29.4 Å². The number of esters is 1. The number of piperidine rings is 1. The molecule has 34 heavy (non-hydrogen) atoms. The van der Waals surface area contributed by atoms with Gasteiger partial charge in [-0.3, -0.25) is 4.79 Å². The first-order valence-corrected chi connectivity index (χ1v) is 11.6. The summed E-state index contributed by atoms with van der Waals surface area (Å²) in [6.45, 7) is 5.21. The standard InChI is InChI=1S/C26H32N2O6/c1-2-19-9-5-3-6-10-21(27-34-18-24(31)28-12-7-4-8-13-28)15-20-16-22(29)17-23(30)25(20)26(32)33-14-11-19/h2,6,9-10,16-17,29-30H,1,3-5,7-8,11-15,18H2/b10-6+,19-9+,27-21-. The molecule has 182 valence electrons. The molecular formula is C26H32N2O6. The summed E-state index contributed by atoms with van der Waals surface area (Å²) in [4.78, 5) is 32.3.